The third kappa shape index (κ3) is 2.75. The fourth-order valence-electron chi connectivity index (χ4n) is 4.00. The molecule has 4 heterocycles. The Morgan fingerprint density at radius 2 is 2.07 bits per heavy atom. The van der Waals surface area contributed by atoms with Crippen LogP contribution in [0.15, 0.2) is 41.1 Å². The van der Waals surface area contributed by atoms with E-state index in [1.165, 1.54) is 22.7 Å². The Kier molecular flexibility index (Phi) is 4.42. The highest BCUT2D eigenvalue weighted by Crippen LogP contribution is 2.44. The molecule has 1 aliphatic rings. The number of nitriles is 1. The van der Waals surface area contributed by atoms with E-state index in [0.717, 1.165) is 29.7 Å². The minimum Gasteiger partial charge on any atom is -0.397 e. The molecule has 0 aliphatic carbocycles. The standard InChI is InChI=1S/C22H17N5OS2/c23-10-14-16(13-7-9-29-11-13)17-18(24)19(30-21(17)26-20(14)25)22(28)27-8-3-5-12-4-1-2-6-15(12)27/h1-2,4,6-7,9,11H,3,5,8,24H2,(H2,25,26). The number of nitrogens with two attached hydrogens (primary N) is 2. The van der Waals surface area contributed by atoms with Crippen molar-refractivity contribution in [2.75, 3.05) is 22.9 Å². The van der Waals surface area contributed by atoms with E-state index >= 15 is 0 Å². The Hall–Kier alpha value is -3.41. The zero-order chi connectivity index (χ0) is 20.8. The van der Waals surface area contributed by atoms with Crippen molar-refractivity contribution >= 4 is 56.0 Å². The van der Waals surface area contributed by atoms with Crippen molar-refractivity contribution in [1.82, 2.24) is 4.98 Å². The largest absolute Gasteiger partial charge is 0.397 e. The summed E-state index contributed by atoms with van der Waals surface area (Å²) in [4.78, 5) is 20.7. The molecule has 0 fully saturated rings. The molecule has 0 bridgehead atoms. The van der Waals surface area contributed by atoms with Crippen molar-refractivity contribution in [3.63, 3.8) is 0 Å². The molecule has 1 amide bonds. The Morgan fingerprint density at radius 1 is 1.23 bits per heavy atom. The molecule has 0 atom stereocenters. The van der Waals surface area contributed by atoms with Crippen molar-refractivity contribution < 1.29 is 4.79 Å². The number of aryl methyl sites for hydroxylation is 1. The van der Waals surface area contributed by atoms with Crippen molar-refractivity contribution in [3.05, 3.63) is 57.1 Å². The van der Waals surface area contributed by atoms with Crippen LogP contribution in [0.3, 0.4) is 0 Å². The summed E-state index contributed by atoms with van der Waals surface area (Å²) in [7, 11) is 0. The zero-order valence-electron chi connectivity index (χ0n) is 15.9. The van der Waals surface area contributed by atoms with Gasteiger partial charge in [0.05, 0.1) is 5.69 Å². The summed E-state index contributed by atoms with van der Waals surface area (Å²) < 4.78 is 0. The van der Waals surface area contributed by atoms with Gasteiger partial charge in [-0.1, -0.05) is 18.2 Å². The number of rotatable bonds is 2. The molecule has 0 saturated heterocycles. The van der Waals surface area contributed by atoms with Crippen molar-refractivity contribution in [2.45, 2.75) is 12.8 Å². The van der Waals surface area contributed by atoms with Crippen LogP contribution in [0, 0.1) is 11.3 Å². The SMILES string of the molecule is N#Cc1c(N)nc2sc(C(=O)N3CCCc4ccccc43)c(N)c2c1-c1ccsc1. The predicted molar refractivity (Wildman–Crippen MR) is 123 cm³/mol. The second-order valence-electron chi connectivity index (χ2n) is 7.08. The molecule has 0 radical (unpaired) electrons. The van der Waals surface area contributed by atoms with E-state index in [1.54, 1.807) is 4.90 Å². The van der Waals surface area contributed by atoms with Crippen LogP contribution in [0.25, 0.3) is 21.3 Å². The van der Waals surface area contributed by atoms with Gasteiger partial charge in [-0.3, -0.25) is 4.79 Å². The Bertz CT molecular complexity index is 1330. The van der Waals surface area contributed by atoms with Crippen LogP contribution in [-0.4, -0.2) is 17.4 Å². The smallest absolute Gasteiger partial charge is 0.270 e. The summed E-state index contributed by atoms with van der Waals surface area (Å²) in [6, 6.07) is 12.0. The van der Waals surface area contributed by atoms with Gasteiger partial charge in [0, 0.05) is 23.2 Å². The molecule has 0 unspecified atom stereocenters. The first kappa shape index (κ1) is 18.6. The van der Waals surface area contributed by atoms with E-state index in [9.17, 15) is 10.1 Å². The van der Waals surface area contributed by atoms with Crippen LogP contribution in [0.1, 0.15) is 27.2 Å². The topological polar surface area (TPSA) is 109 Å². The van der Waals surface area contributed by atoms with Gasteiger partial charge in [-0.25, -0.2) is 4.98 Å². The molecular formula is C22H17N5OS2. The molecule has 0 spiro atoms. The number of carbonyl (C=O) groups excluding carboxylic acids is 1. The summed E-state index contributed by atoms with van der Waals surface area (Å²) >= 11 is 2.75. The normalized spacial score (nSPS) is 13.2. The van der Waals surface area contributed by atoms with Crippen LogP contribution in [0.2, 0.25) is 0 Å². The van der Waals surface area contributed by atoms with Gasteiger partial charge < -0.3 is 16.4 Å². The number of fused-ring (bicyclic) bond motifs is 2. The fraction of sp³-hybridized carbons (Fsp3) is 0.136. The third-order valence-corrected chi connectivity index (χ3v) is 7.15. The van der Waals surface area contributed by atoms with E-state index < -0.39 is 0 Å². The van der Waals surface area contributed by atoms with Crippen molar-refractivity contribution in [1.29, 1.82) is 5.26 Å². The van der Waals surface area contributed by atoms with Gasteiger partial charge >= 0.3 is 0 Å². The number of para-hydroxylation sites is 1. The lowest BCUT2D eigenvalue weighted by atomic mass is 9.99. The van der Waals surface area contributed by atoms with Crippen molar-refractivity contribution in [2.24, 2.45) is 0 Å². The molecule has 148 valence electrons. The number of hydrogen-bond acceptors (Lipinski definition) is 7. The van der Waals surface area contributed by atoms with Crippen LogP contribution >= 0.6 is 22.7 Å². The molecule has 4 N–H and O–H groups in total. The molecule has 1 aromatic carbocycles. The molecule has 1 aliphatic heterocycles. The van der Waals surface area contributed by atoms with Gasteiger partial charge in [-0.05, 0) is 46.9 Å². The third-order valence-electron chi connectivity index (χ3n) is 5.38. The van der Waals surface area contributed by atoms with Crippen LogP contribution in [0.5, 0.6) is 0 Å². The number of nitrogen functional groups attached to an aromatic ring is 2. The molecular weight excluding hydrogens is 414 g/mol. The lowest BCUT2D eigenvalue weighted by Gasteiger charge is -2.29. The Labute approximate surface area is 181 Å². The van der Waals surface area contributed by atoms with Crippen molar-refractivity contribution in [3.8, 4) is 17.2 Å². The predicted octanol–water partition coefficient (Wildman–Crippen LogP) is 4.65. The van der Waals surface area contributed by atoms with Gasteiger partial charge in [0.2, 0.25) is 0 Å². The number of aromatic nitrogens is 1. The minimum atomic E-state index is -0.143. The molecule has 6 nitrogen and oxygen atoms in total. The number of thiophene rings is 2. The van der Waals surface area contributed by atoms with E-state index in [-0.39, 0.29) is 17.3 Å². The molecule has 0 saturated carbocycles. The van der Waals surface area contributed by atoms with Gasteiger partial charge in [0.1, 0.15) is 27.2 Å². The molecule has 5 rings (SSSR count). The lowest BCUT2D eigenvalue weighted by Crippen LogP contribution is -2.35. The number of hydrogen-bond donors (Lipinski definition) is 2. The van der Waals surface area contributed by atoms with E-state index in [2.05, 4.69) is 17.1 Å². The lowest BCUT2D eigenvalue weighted by molar-refractivity contribution is 0.0990. The van der Waals surface area contributed by atoms with Gasteiger partial charge in [-0.15, -0.1) is 11.3 Å². The maximum atomic E-state index is 13.5. The number of amides is 1. The van der Waals surface area contributed by atoms with Gasteiger partial charge in [0.25, 0.3) is 5.91 Å². The highest BCUT2D eigenvalue weighted by atomic mass is 32.1. The molecule has 4 aromatic rings. The fourth-order valence-corrected chi connectivity index (χ4v) is 5.71. The number of carbonyl (C=O) groups is 1. The average molecular weight is 432 g/mol. The second kappa shape index (κ2) is 7.13. The van der Waals surface area contributed by atoms with Crippen LogP contribution in [-0.2, 0) is 6.42 Å². The maximum absolute atomic E-state index is 13.5. The highest BCUT2D eigenvalue weighted by Gasteiger charge is 2.29. The monoisotopic (exact) mass is 431 g/mol. The zero-order valence-corrected chi connectivity index (χ0v) is 17.5. The maximum Gasteiger partial charge on any atom is 0.270 e. The Balaban J connectivity index is 1.71. The van der Waals surface area contributed by atoms with E-state index in [1.807, 2.05) is 35.0 Å². The number of pyridine rings is 1. The van der Waals surface area contributed by atoms with Crippen LogP contribution in [0.4, 0.5) is 17.2 Å². The molecule has 30 heavy (non-hydrogen) atoms. The number of benzene rings is 1. The quantitative estimate of drug-likeness (QED) is 0.480. The summed E-state index contributed by atoms with van der Waals surface area (Å²) in [5, 5.41) is 14.2. The molecule has 8 heteroatoms. The summed E-state index contributed by atoms with van der Waals surface area (Å²) in [5.74, 6) is 0.00534. The Morgan fingerprint density at radius 3 is 2.83 bits per heavy atom. The highest BCUT2D eigenvalue weighted by molar-refractivity contribution is 7.21. The second-order valence-corrected chi connectivity index (χ2v) is 8.86. The van der Waals surface area contributed by atoms with Crippen LogP contribution < -0.4 is 16.4 Å². The van der Waals surface area contributed by atoms with E-state index in [4.69, 9.17) is 11.5 Å². The first-order valence-electron chi connectivity index (χ1n) is 9.44. The van der Waals surface area contributed by atoms with Gasteiger partial charge in [0.15, 0.2) is 0 Å². The van der Waals surface area contributed by atoms with E-state index in [0.29, 0.717) is 32.9 Å². The first-order valence-corrected chi connectivity index (χ1v) is 11.2. The van der Waals surface area contributed by atoms with Gasteiger partial charge in [-0.2, -0.15) is 16.6 Å². The first-order chi connectivity index (χ1) is 14.6. The summed E-state index contributed by atoms with van der Waals surface area (Å²) in [5.41, 5.74) is 16.8. The number of nitrogens with zero attached hydrogens (tertiary/aromatic N) is 3. The number of anilines is 3. The summed E-state index contributed by atoms with van der Waals surface area (Å²) in [6.45, 7) is 0.639. The average Bonchev–Trinajstić information content (AvgIpc) is 3.40. The minimum absolute atomic E-state index is 0.143. The molecule has 3 aromatic heterocycles. The summed E-state index contributed by atoms with van der Waals surface area (Å²) in [6.07, 6.45) is 1.85.